The third kappa shape index (κ3) is 5.12. The number of hydrogen-bond donors (Lipinski definition) is 2. The molecule has 0 unspecified atom stereocenters. The SMILES string of the molecule is CCc1ccc(CNCc2cc(Cl)c(OCC(N)=O)c(OC)c2)s1. The van der Waals surface area contributed by atoms with Gasteiger partial charge in [0.25, 0.3) is 5.91 Å². The Kier molecular flexibility index (Phi) is 6.90. The molecule has 1 aromatic carbocycles. The second-order valence-electron chi connectivity index (χ2n) is 5.19. The lowest BCUT2D eigenvalue weighted by atomic mass is 10.2. The first-order valence-electron chi connectivity index (χ1n) is 7.59. The van der Waals surface area contributed by atoms with Crippen LogP contribution in [0.3, 0.4) is 0 Å². The van der Waals surface area contributed by atoms with Crippen molar-refractivity contribution in [1.29, 1.82) is 0 Å². The van der Waals surface area contributed by atoms with E-state index in [1.165, 1.54) is 16.9 Å². The fraction of sp³-hybridized carbons (Fsp3) is 0.353. The number of methoxy groups -OCH3 is 1. The Bertz CT molecular complexity index is 703. The Balaban J connectivity index is 1.99. The summed E-state index contributed by atoms with van der Waals surface area (Å²) >= 11 is 8.05. The molecule has 0 aliphatic heterocycles. The van der Waals surface area contributed by atoms with Crippen LogP contribution in [0.25, 0.3) is 0 Å². The minimum Gasteiger partial charge on any atom is -0.493 e. The minimum atomic E-state index is -0.568. The van der Waals surface area contributed by atoms with Crippen molar-refractivity contribution < 1.29 is 14.3 Å². The van der Waals surface area contributed by atoms with Crippen molar-refractivity contribution in [2.24, 2.45) is 5.73 Å². The first-order valence-corrected chi connectivity index (χ1v) is 8.78. The minimum absolute atomic E-state index is 0.244. The van der Waals surface area contributed by atoms with Gasteiger partial charge in [-0.1, -0.05) is 18.5 Å². The maximum absolute atomic E-state index is 10.9. The molecule has 24 heavy (non-hydrogen) atoms. The van der Waals surface area contributed by atoms with Crippen LogP contribution in [0.15, 0.2) is 24.3 Å². The summed E-state index contributed by atoms with van der Waals surface area (Å²) in [5, 5.41) is 3.77. The highest BCUT2D eigenvalue weighted by Crippen LogP contribution is 2.36. The molecule has 2 aromatic rings. The molecule has 0 saturated carbocycles. The molecule has 7 heteroatoms. The van der Waals surface area contributed by atoms with Crippen molar-refractivity contribution >= 4 is 28.8 Å². The van der Waals surface area contributed by atoms with Gasteiger partial charge in [0.05, 0.1) is 12.1 Å². The van der Waals surface area contributed by atoms with Crippen molar-refractivity contribution in [2.45, 2.75) is 26.4 Å². The number of carbonyl (C=O) groups is 1. The summed E-state index contributed by atoms with van der Waals surface area (Å²) in [6.45, 7) is 3.35. The predicted octanol–water partition coefficient (Wildman–Crippen LogP) is 3.13. The number of ether oxygens (including phenoxy) is 2. The maximum Gasteiger partial charge on any atom is 0.255 e. The molecule has 0 bridgehead atoms. The van der Waals surface area contributed by atoms with Gasteiger partial charge in [0, 0.05) is 22.8 Å². The number of aryl methyl sites for hydroxylation is 1. The van der Waals surface area contributed by atoms with Gasteiger partial charge >= 0.3 is 0 Å². The second-order valence-corrected chi connectivity index (χ2v) is 6.85. The fourth-order valence-corrected chi connectivity index (χ4v) is 3.41. The molecule has 1 heterocycles. The summed E-state index contributed by atoms with van der Waals surface area (Å²) in [5.41, 5.74) is 6.06. The van der Waals surface area contributed by atoms with E-state index in [1.54, 1.807) is 6.07 Å². The molecule has 0 saturated heterocycles. The summed E-state index contributed by atoms with van der Waals surface area (Å²) in [6, 6.07) is 7.93. The van der Waals surface area contributed by atoms with E-state index in [0.29, 0.717) is 23.1 Å². The van der Waals surface area contributed by atoms with Crippen molar-refractivity contribution in [3.63, 3.8) is 0 Å². The van der Waals surface area contributed by atoms with Gasteiger partial charge in [0.2, 0.25) is 0 Å². The van der Waals surface area contributed by atoms with Crippen molar-refractivity contribution in [3.8, 4) is 11.5 Å². The fourth-order valence-electron chi connectivity index (χ4n) is 2.20. The topological polar surface area (TPSA) is 73.6 Å². The largest absolute Gasteiger partial charge is 0.493 e. The number of rotatable bonds is 9. The zero-order valence-corrected chi connectivity index (χ0v) is 15.3. The molecule has 0 spiro atoms. The number of halogens is 1. The van der Waals surface area contributed by atoms with Crippen LogP contribution in [0.4, 0.5) is 0 Å². The number of nitrogens with one attached hydrogen (secondary N) is 1. The van der Waals surface area contributed by atoms with E-state index in [9.17, 15) is 4.79 Å². The van der Waals surface area contributed by atoms with E-state index >= 15 is 0 Å². The molecule has 3 N–H and O–H groups in total. The molecule has 1 aromatic heterocycles. The average Bonchev–Trinajstić information content (AvgIpc) is 3.01. The van der Waals surface area contributed by atoms with Crippen molar-refractivity contribution in [2.75, 3.05) is 13.7 Å². The number of primary amides is 1. The highest BCUT2D eigenvalue weighted by Gasteiger charge is 2.13. The summed E-state index contributed by atoms with van der Waals surface area (Å²) in [7, 11) is 1.53. The van der Waals surface area contributed by atoms with E-state index < -0.39 is 5.91 Å². The molecule has 0 aliphatic rings. The van der Waals surface area contributed by atoms with E-state index in [1.807, 2.05) is 17.4 Å². The van der Waals surface area contributed by atoms with Gasteiger partial charge in [0.1, 0.15) is 0 Å². The first kappa shape index (κ1) is 18.6. The average molecular weight is 369 g/mol. The Morgan fingerprint density at radius 3 is 2.67 bits per heavy atom. The molecular formula is C17H21ClN2O3S. The van der Waals surface area contributed by atoms with Gasteiger partial charge in [-0.3, -0.25) is 4.79 Å². The summed E-state index contributed by atoms with van der Waals surface area (Å²) < 4.78 is 10.6. The lowest BCUT2D eigenvalue weighted by molar-refractivity contribution is -0.119. The van der Waals surface area contributed by atoms with Crippen LogP contribution in [-0.4, -0.2) is 19.6 Å². The Morgan fingerprint density at radius 1 is 1.29 bits per heavy atom. The van der Waals surface area contributed by atoms with Crippen molar-refractivity contribution in [3.05, 3.63) is 44.6 Å². The number of thiophene rings is 1. The van der Waals surface area contributed by atoms with Gasteiger partial charge in [-0.05, 0) is 36.2 Å². The second kappa shape index (κ2) is 8.92. The molecule has 130 valence electrons. The van der Waals surface area contributed by atoms with Gasteiger partial charge in [-0.15, -0.1) is 11.3 Å². The normalized spacial score (nSPS) is 10.6. The standard InChI is InChI=1S/C17H21ClN2O3S/c1-3-12-4-5-13(24-12)9-20-8-11-6-14(18)17(15(7-11)22-2)23-10-16(19)21/h4-7,20H,3,8-10H2,1-2H3,(H2,19,21). The van der Waals surface area contributed by atoms with Gasteiger partial charge in [-0.2, -0.15) is 0 Å². The van der Waals surface area contributed by atoms with Gasteiger partial charge in [0.15, 0.2) is 18.1 Å². The Morgan fingerprint density at radius 2 is 2.04 bits per heavy atom. The quantitative estimate of drug-likeness (QED) is 0.713. The highest BCUT2D eigenvalue weighted by molar-refractivity contribution is 7.11. The maximum atomic E-state index is 10.9. The molecule has 5 nitrogen and oxygen atoms in total. The number of carbonyl (C=O) groups excluding carboxylic acids is 1. The van der Waals surface area contributed by atoms with E-state index in [0.717, 1.165) is 18.5 Å². The Labute approximate surface area is 150 Å². The first-order chi connectivity index (χ1) is 11.5. The van der Waals surface area contributed by atoms with Crippen LogP contribution in [0, 0.1) is 0 Å². The van der Waals surface area contributed by atoms with Crippen LogP contribution in [0.1, 0.15) is 22.2 Å². The third-order valence-electron chi connectivity index (χ3n) is 3.34. The number of benzene rings is 1. The molecule has 0 fully saturated rings. The van der Waals surface area contributed by atoms with E-state index in [4.69, 9.17) is 26.8 Å². The summed E-state index contributed by atoms with van der Waals surface area (Å²) in [4.78, 5) is 13.5. The van der Waals surface area contributed by atoms with Crippen LogP contribution in [0.5, 0.6) is 11.5 Å². The zero-order valence-electron chi connectivity index (χ0n) is 13.7. The van der Waals surface area contributed by atoms with Crippen LogP contribution in [-0.2, 0) is 24.3 Å². The molecule has 1 amide bonds. The van der Waals surface area contributed by atoms with Crippen LogP contribution in [0.2, 0.25) is 5.02 Å². The smallest absolute Gasteiger partial charge is 0.255 e. The van der Waals surface area contributed by atoms with Crippen molar-refractivity contribution in [1.82, 2.24) is 5.32 Å². The predicted molar refractivity (Wildman–Crippen MR) is 96.9 cm³/mol. The lowest BCUT2D eigenvalue weighted by Crippen LogP contribution is -2.20. The van der Waals surface area contributed by atoms with Gasteiger partial charge in [-0.25, -0.2) is 0 Å². The molecular weight excluding hydrogens is 348 g/mol. The zero-order chi connectivity index (χ0) is 17.5. The van der Waals surface area contributed by atoms with Crippen LogP contribution >= 0.6 is 22.9 Å². The lowest BCUT2D eigenvalue weighted by Gasteiger charge is -2.13. The Hall–Kier alpha value is -1.76. The highest BCUT2D eigenvalue weighted by atomic mass is 35.5. The molecule has 0 radical (unpaired) electrons. The summed E-state index contributed by atoms with van der Waals surface area (Å²) in [6.07, 6.45) is 1.06. The molecule has 0 aliphatic carbocycles. The number of hydrogen-bond acceptors (Lipinski definition) is 5. The summed E-state index contributed by atoms with van der Waals surface area (Å²) in [5.74, 6) is 0.235. The third-order valence-corrected chi connectivity index (χ3v) is 4.85. The van der Waals surface area contributed by atoms with E-state index in [-0.39, 0.29) is 6.61 Å². The molecule has 0 atom stereocenters. The molecule has 2 rings (SSSR count). The van der Waals surface area contributed by atoms with Gasteiger partial charge < -0.3 is 20.5 Å². The van der Waals surface area contributed by atoms with E-state index in [2.05, 4.69) is 24.4 Å². The number of amides is 1. The van der Waals surface area contributed by atoms with Crippen LogP contribution < -0.4 is 20.5 Å². The number of nitrogens with two attached hydrogens (primary N) is 1. The monoisotopic (exact) mass is 368 g/mol.